The fourth-order valence-electron chi connectivity index (χ4n) is 0.705. The molecule has 0 aromatic rings. The predicted octanol–water partition coefficient (Wildman–Crippen LogP) is 1.41. The Hall–Kier alpha value is -0.590. The quantitative estimate of drug-likeness (QED) is 0.403. The van der Waals surface area contributed by atoms with Gasteiger partial charge in [0.25, 0.3) is 0 Å². The third-order valence-electron chi connectivity index (χ3n) is 1.19. The molecular weight excluding hydrogens is 86.1 g/mol. The topological polar surface area (TPSA) is 12.4 Å². The summed E-state index contributed by atoms with van der Waals surface area (Å²) in [5, 5.41) is 0. The zero-order valence-corrected chi connectivity index (χ0v) is 4.52. The summed E-state index contributed by atoms with van der Waals surface area (Å²) >= 11 is 0. The predicted molar refractivity (Wildman–Crippen MR) is 31.7 cm³/mol. The minimum Gasteiger partial charge on any atom is -0.297 e. The lowest BCUT2D eigenvalue weighted by Gasteiger charge is -1.85. The number of hydrogen-bond acceptors (Lipinski definition) is 1. The van der Waals surface area contributed by atoms with E-state index in [4.69, 9.17) is 0 Å². The molecule has 0 aliphatic heterocycles. The van der Waals surface area contributed by atoms with Crippen LogP contribution >= 0.6 is 0 Å². The van der Waals surface area contributed by atoms with Gasteiger partial charge in [-0.3, -0.25) is 4.99 Å². The van der Waals surface area contributed by atoms with Crippen molar-refractivity contribution in [3.63, 3.8) is 0 Å². The molecule has 0 unspecified atom stereocenters. The molecule has 0 bridgehead atoms. The molecule has 0 heterocycles. The lowest BCUT2D eigenvalue weighted by Crippen LogP contribution is -1.85. The van der Waals surface area contributed by atoms with E-state index in [0.717, 1.165) is 12.8 Å². The molecule has 1 nitrogen and oxygen atoms in total. The largest absolute Gasteiger partial charge is 0.297 e. The Morgan fingerprint density at radius 3 is 2.29 bits per heavy atom. The van der Waals surface area contributed by atoms with Crippen LogP contribution in [-0.4, -0.2) is 12.8 Å². The van der Waals surface area contributed by atoms with Crippen molar-refractivity contribution in [1.82, 2.24) is 0 Å². The molecule has 0 N–H and O–H groups in total. The smallest absolute Gasteiger partial charge is 0.0276 e. The van der Waals surface area contributed by atoms with Crippen molar-refractivity contribution >= 4 is 5.71 Å². The van der Waals surface area contributed by atoms with Gasteiger partial charge in [0.05, 0.1) is 0 Å². The summed E-state index contributed by atoms with van der Waals surface area (Å²) in [6, 6.07) is 0. The van der Waals surface area contributed by atoms with Crippen LogP contribution in [0.25, 0.3) is 0 Å². The average molecular weight is 95.1 g/mol. The van der Waals surface area contributed by atoms with Crippen molar-refractivity contribution in [1.29, 1.82) is 0 Å². The van der Waals surface area contributed by atoms with Crippen LogP contribution in [0.4, 0.5) is 0 Å². The molecule has 1 aliphatic carbocycles. The summed E-state index contributed by atoms with van der Waals surface area (Å²) in [6.07, 6.45) is 6.47. The number of nitrogens with zero attached hydrogens (tertiary/aromatic N) is 1. The molecule has 38 valence electrons. The highest BCUT2D eigenvalue weighted by atomic mass is 14.7. The van der Waals surface area contributed by atoms with Gasteiger partial charge in [-0.15, -0.1) is 0 Å². The van der Waals surface area contributed by atoms with Crippen molar-refractivity contribution in [2.75, 3.05) is 7.05 Å². The van der Waals surface area contributed by atoms with Crippen LogP contribution < -0.4 is 0 Å². The van der Waals surface area contributed by atoms with Crippen LogP contribution in [-0.2, 0) is 0 Å². The molecule has 1 aliphatic rings. The first-order chi connectivity index (χ1) is 3.43. The van der Waals surface area contributed by atoms with E-state index in [1.54, 1.807) is 0 Å². The van der Waals surface area contributed by atoms with Gasteiger partial charge in [-0.25, -0.2) is 0 Å². The Morgan fingerprint density at radius 2 is 2.00 bits per heavy atom. The van der Waals surface area contributed by atoms with Crippen LogP contribution in [0.5, 0.6) is 0 Å². The van der Waals surface area contributed by atoms with Gasteiger partial charge >= 0.3 is 0 Å². The first-order valence-electron chi connectivity index (χ1n) is 2.53. The molecule has 7 heavy (non-hydrogen) atoms. The number of allylic oxidation sites excluding steroid dienone is 2. The van der Waals surface area contributed by atoms with Gasteiger partial charge < -0.3 is 0 Å². The minimum atomic E-state index is 1.08. The molecule has 0 saturated heterocycles. The SMILES string of the molecule is CN=C1CC=CC1. The molecule has 0 aromatic carbocycles. The van der Waals surface area contributed by atoms with Crippen LogP contribution in [0.2, 0.25) is 0 Å². The summed E-state index contributed by atoms with van der Waals surface area (Å²) in [4.78, 5) is 4.04. The Morgan fingerprint density at radius 1 is 1.43 bits per heavy atom. The van der Waals surface area contributed by atoms with Crippen LogP contribution in [0.15, 0.2) is 17.1 Å². The first-order valence-corrected chi connectivity index (χ1v) is 2.53. The van der Waals surface area contributed by atoms with Gasteiger partial charge in [0.1, 0.15) is 0 Å². The lowest BCUT2D eigenvalue weighted by molar-refractivity contribution is 1.33. The van der Waals surface area contributed by atoms with E-state index in [2.05, 4.69) is 17.1 Å². The van der Waals surface area contributed by atoms with E-state index in [-0.39, 0.29) is 0 Å². The maximum absolute atomic E-state index is 4.04. The Labute approximate surface area is 43.8 Å². The number of hydrogen-bond donors (Lipinski definition) is 0. The molecule has 0 amide bonds. The second-order valence-corrected chi connectivity index (χ2v) is 1.67. The molecule has 0 aromatic heterocycles. The highest BCUT2D eigenvalue weighted by Gasteiger charge is 1.96. The third-order valence-corrected chi connectivity index (χ3v) is 1.19. The Balaban J connectivity index is 2.51. The maximum atomic E-state index is 4.04. The number of aliphatic imine (C=N–C) groups is 1. The van der Waals surface area contributed by atoms with Crippen molar-refractivity contribution in [2.24, 2.45) is 4.99 Å². The third kappa shape index (κ3) is 0.889. The zero-order chi connectivity index (χ0) is 5.11. The van der Waals surface area contributed by atoms with Gasteiger partial charge in [0.2, 0.25) is 0 Å². The van der Waals surface area contributed by atoms with Gasteiger partial charge in [-0.1, -0.05) is 12.2 Å². The van der Waals surface area contributed by atoms with Crippen molar-refractivity contribution in [3.8, 4) is 0 Å². The maximum Gasteiger partial charge on any atom is 0.0276 e. The van der Waals surface area contributed by atoms with E-state index < -0.39 is 0 Å². The average Bonchev–Trinajstić information content (AvgIpc) is 2.14. The monoisotopic (exact) mass is 95.1 g/mol. The lowest BCUT2D eigenvalue weighted by atomic mass is 10.3. The minimum absolute atomic E-state index is 1.08. The highest BCUT2D eigenvalue weighted by molar-refractivity contribution is 5.89. The van der Waals surface area contributed by atoms with E-state index >= 15 is 0 Å². The van der Waals surface area contributed by atoms with Crippen LogP contribution in [0.1, 0.15) is 12.8 Å². The highest BCUT2D eigenvalue weighted by Crippen LogP contribution is 2.03. The normalized spacial score (nSPS) is 18.1. The standard InChI is InChI=1S/C6H9N/c1-7-6-4-2-3-5-6/h2-3H,4-5H2,1H3. The van der Waals surface area contributed by atoms with E-state index in [1.165, 1.54) is 5.71 Å². The molecule has 0 spiro atoms. The van der Waals surface area contributed by atoms with Gasteiger partial charge in [-0.2, -0.15) is 0 Å². The van der Waals surface area contributed by atoms with Gasteiger partial charge in [0.15, 0.2) is 0 Å². The summed E-state index contributed by atoms with van der Waals surface area (Å²) < 4.78 is 0. The number of rotatable bonds is 0. The van der Waals surface area contributed by atoms with Crippen molar-refractivity contribution < 1.29 is 0 Å². The van der Waals surface area contributed by atoms with E-state index in [9.17, 15) is 0 Å². The van der Waals surface area contributed by atoms with Gasteiger partial charge in [-0.05, 0) is 0 Å². The second kappa shape index (κ2) is 1.92. The summed E-state index contributed by atoms with van der Waals surface area (Å²) in [6.45, 7) is 0. The first kappa shape index (κ1) is 4.57. The summed E-state index contributed by atoms with van der Waals surface area (Å²) in [5.74, 6) is 0. The molecule has 0 fully saturated rings. The van der Waals surface area contributed by atoms with Gasteiger partial charge in [0, 0.05) is 25.6 Å². The zero-order valence-electron chi connectivity index (χ0n) is 4.52. The summed E-state index contributed by atoms with van der Waals surface area (Å²) in [5.41, 5.74) is 1.31. The molecule has 1 heteroatoms. The molecule has 0 atom stereocenters. The second-order valence-electron chi connectivity index (χ2n) is 1.67. The fraction of sp³-hybridized carbons (Fsp3) is 0.500. The van der Waals surface area contributed by atoms with Crippen molar-refractivity contribution in [3.05, 3.63) is 12.2 Å². The van der Waals surface area contributed by atoms with Crippen molar-refractivity contribution in [2.45, 2.75) is 12.8 Å². The molecule has 0 radical (unpaired) electrons. The van der Waals surface area contributed by atoms with E-state index in [1.807, 2.05) is 7.05 Å². The van der Waals surface area contributed by atoms with E-state index in [0.29, 0.717) is 0 Å². The molecular formula is C6H9N. The fourth-order valence-corrected chi connectivity index (χ4v) is 0.705. The Kier molecular flexibility index (Phi) is 1.25. The Bertz CT molecular complexity index is 101. The summed E-state index contributed by atoms with van der Waals surface area (Å²) in [7, 11) is 1.85. The molecule has 1 rings (SSSR count). The van der Waals surface area contributed by atoms with Crippen LogP contribution in [0.3, 0.4) is 0 Å². The molecule has 0 saturated carbocycles. The van der Waals surface area contributed by atoms with Crippen LogP contribution in [0, 0.1) is 0 Å².